The number of pyridine rings is 1. The number of nitrogens with zero attached hydrogens (tertiary/aromatic N) is 1. The summed E-state index contributed by atoms with van der Waals surface area (Å²) in [6.07, 6.45) is 4.98. The zero-order valence-corrected chi connectivity index (χ0v) is 9.27. The Kier molecular flexibility index (Phi) is 4.90. The molecule has 2 nitrogen and oxygen atoms in total. The van der Waals surface area contributed by atoms with Gasteiger partial charge in [-0.3, -0.25) is 4.98 Å². The summed E-state index contributed by atoms with van der Waals surface area (Å²) in [7, 11) is 0. The Morgan fingerprint density at radius 2 is 2.36 bits per heavy atom. The summed E-state index contributed by atoms with van der Waals surface area (Å²) in [5.74, 6) is 0.658. The minimum absolute atomic E-state index is 0.193. The van der Waals surface area contributed by atoms with E-state index in [0.717, 1.165) is 17.9 Å². The fourth-order valence-electron chi connectivity index (χ4n) is 1.30. The normalized spacial score (nSPS) is 12.8. The first-order valence-corrected chi connectivity index (χ1v) is 6.00. The maximum absolute atomic E-state index is 12.9. The molecule has 0 bridgehead atoms. The molecule has 0 aliphatic rings. The Morgan fingerprint density at radius 1 is 1.57 bits per heavy atom. The Morgan fingerprint density at radius 3 is 2.93 bits per heavy atom. The SMILES string of the molecule is CCNC(CSC)c1cncc(F)c1. The summed E-state index contributed by atoms with van der Waals surface area (Å²) >= 11 is 1.74. The van der Waals surface area contributed by atoms with E-state index in [1.807, 2.05) is 13.2 Å². The van der Waals surface area contributed by atoms with Gasteiger partial charge in [0.2, 0.25) is 0 Å². The molecule has 0 aromatic carbocycles. The zero-order chi connectivity index (χ0) is 10.4. The van der Waals surface area contributed by atoms with Gasteiger partial charge in [0.25, 0.3) is 0 Å². The van der Waals surface area contributed by atoms with Gasteiger partial charge >= 0.3 is 0 Å². The molecule has 0 fully saturated rings. The van der Waals surface area contributed by atoms with Crippen molar-refractivity contribution in [3.63, 3.8) is 0 Å². The lowest BCUT2D eigenvalue weighted by Gasteiger charge is -2.16. The molecular weight excluding hydrogens is 199 g/mol. The standard InChI is InChI=1S/C10H15FN2S/c1-3-13-10(7-14-2)8-4-9(11)6-12-5-8/h4-6,10,13H,3,7H2,1-2H3. The Balaban J connectivity index is 2.75. The summed E-state index contributed by atoms with van der Waals surface area (Å²) in [5, 5.41) is 3.30. The van der Waals surface area contributed by atoms with Gasteiger partial charge in [-0.1, -0.05) is 6.92 Å². The molecule has 1 rings (SSSR count). The highest BCUT2D eigenvalue weighted by Crippen LogP contribution is 2.16. The molecule has 1 aromatic rings. The van der Waals surface area contributed by atoms with E-state index >= 15 is 0 Å². The second-order valence-corrected chi connectivity index (χ2v) is 3.91. The van der Waals surface area contributed by atoms with Crippen LogP contribution < -0.4 is 5.32 Å². The van der Waals surface area contributed by atoms with Gasteiger partial charge in [-0.15, -0.1) is 0 Å². The molecule has 1 unspecified atom stereocenters. The Labute approximate surface area is 88.3 Å². The van der Waals surface area contributed by atoms with Gasteiger partial charge in [0.05, 0.1) is 6.20 Å². The maximum atomic E-state index is 12.9. The first-order chi connectivity index (χ1) is 6.77. The summed E-state index contributed by atoms with van der Waals surface area (Å²) in [6, 6.07) is 1.73. The van der Waals surface area contributed by atoms with Crippen molar-refractivity contribution in [3.05, 3.63) is 29.8 Å². The average Bonchev–Trinajstić information content (AvgIpc) is 2.17. The fraction of sp³-hybridized carbons (Fsp3) is 0.500. The minimum Gasteiger partial charge on any atom is -0.309 e. The molecule has 78 valence electrons. The summed E-state index contributed by atoms with van der Waals surface area (Å²) in [5.41, 5.74) is 0.918. The van der Waals surface area contributed by atoms with Gasteiger partial charge in [-0.05, 0) is 24.4 Å². The second-order valence-electron chi connectivity index (χ2n) is 3.00. The summed E-state index contributed by atoms with van der Waals surface area (Å²) in [4.78, 5) is 3.85. The average molecular weight is 214 g/mol. The number of thioether (sulfide) groups is 1. The molecule has 1 aromatic heterocycles. The van der Waals surface area contributed by atoms with Crippen molar-refractivity contribution >= 4 is 11.8 Å². The van der Waals surface area contributed by atoms with Crippen molar-refractivity contribution in [3.8, 4) is 0 Å². The van der Waals surface area contributed by atoms with Gasteiger partial charge in [-0.25, -0.2) is 4.39 Å². The molecule has 1 N–H and O–H groups in total. The quantitative estimate of drug-likeness (QED) is 0.813. The van der Waals surface area contributed by atoms with E-state index in [-0.39, 0.29) is 11.9 Å². The number of hydrogen-bond donors (Lipinski definition) is 1. The molecule has 0 saturated heterocycles. The molecule has 0 aliphatic heterocycles. The molecule has 0 spiro atoms. The predicted octanol–water partition coefficient (Wildman–Crippen LogP) is 2.23. The molecule has 14 heavy (non-hydrogen) atoms. The van der Waals surface area contributed by atoms with Gasteiger partial charge in [0.15, 0.2) is 0 Å². The summed E-state index contributed by atoms with van der Waals surface area (Å²) in [6.45, 7) is 2.92. The third kappa shape index (κ3) is 3.27. The number of rotatable bonds is 5. The first kappa shape index (κ1) is 11.5. The smallest absolute Gasteiger partial charge is 0.141 e. The second kappa shape index (κ2) is 5.98. The van der Waals surface area contributed by atoms with Crippen LogP contribution in [0.1, 0.15) is 18.5 Å². The van der Waals surface area contributed by atoms with Crippen LogP contribution in [0.15, 0.2) is 18.5 Å². The van der Waals surface area contributed by atoms with Crippen molar-refractivity contribution in [2.24, 2.45) is 0 Å². The van der Waals surface area contributed by atoms with Crippen LogP contribution in [-0.4, -0.2) is 23.5 Å². The van der Waals surface area contributed by atoms with Crippen molar-refractivity contribution in [1.29, 1.82) is 0 Å². The largest absolute Gasteiger partial charge is 0.309 e. The van der Waals surface area contributed by atoms with Crippen LogP contribution in [0.3, 0.4) is 0 Å². The fourth-order valence-corrected chi connectivity index (χ4v) is 1.95. The minimum atomic E-state index is -0.272. The number of aromatic nitrogens is 1. The van der Waals surface area contributed by atoms with Gasteiger partial charge in [0, 0.05) is 18.0 Å². The van der Waals surface area contributed by atoms with E-state index in [9.17, 15) is 4.39 Å². The van der Waals surface area contributed by atoms with Crippen LogP contribution in [0.25, 0.3) is 0 Å². The van der Waals surface area contributed by atoms with Gasteiger partial charge in [0.1, 0.15) is 5.82 Å². The topological polar surface area (TPSA) is 24.9 Å². The van der Waals surface area contributed by atoms with Crippen molar-refractivity contribution < 1.29 is 4.39 Å². The van der Waals surface area contributed by atoms with Gasteiger partial charge < -0.3 is 5.32 Å². The third-order valence-electron chi connectivity index (χ3n) is 1.91. The number of hydrogen-bond acceptors (Lipinski definition) is 3. The van der Waals surface area contributed by atoms with Crippen LogP contribution in [0.4, 0.5) is 4.39 Å². The van der Waals surface area contributed by atoms with E-state index in [0.29, 0.717) is 0 Å². The highest BCUT2D eigenvalue weighted by Gasteiger charge is 2.10. The van der Waals surface area contributed by atoms with E-state index in [1.165, 1.54) is 12.3 Å². The van der Waals surface area contributed by atoms with Crippen LogP contribution in [0.5, 0.6) is 0 Å². The van der Waals surface area contributed by atoms with Crippen LogP contribution in [0.2, 0.25) is 0 Å². The molecular formula is C10H15FN2S. The molecule has 1 atom stereocenters. The molecule has 0 saturated carbocycles. The van der Waals surface area contributed by atoms with Crippen LogP contribution in [0, 0.1) is 5.82 Å². The lowest BCUT2D eigenvalue weighted by Crippen LogP contribution is -2.23. The van der Waals surface area contributed by atoms with E-state index in [2.05, 4.69) is 10.3 Å². The van der Waals surface area contributed by atoms with E-state index < -0.39 is 0 Å². The number of nitrogens with one attached hydrogen (secondary N) is 1. The molecule has 0 amide bonds. The lowest BCUT2D eigenvalue weighted by atomic mass is 10.1. The highest BCUT2D eigenvalue weighted by molar-refractivity contribution is 7.98. The van der Waals surface area contributed by atoms with E-state index in [4.69, 9.17) is 0 Å². The van der Waals surface area contributed by atoms with Crippen molar-refractivity contribution in [1.82, 2.24) is 10.3 Å². The molecule has 0 radical (unpaired) electrons. The molecule has 4 heteroatoms. The molecule has 0 aliphatic carbocycles. The first-order valence-electron chi connectivity index (χ1n) is 4.60. The predicted molar refractivity (Wildman–Crippen MR) is 59.0 cm³/mol. The highest BCUT2D eigenvalue weighted by atomic mass is 32.2. The molecule has 1 heterocycles. The van der Waals surface area contributed by atoms with E-state index in [1.54, 1.807) is 18.0 Å². The van der Waals surface area contributed by atoms with Crippen molar-refractivity contribution in [2.45, 2.75) is 13.0 Å². The maximum Gasteiger partial charge on any atom is 0.141 e. The Hall–Kier alpha value is -0.610. The zero-order valence-electron chi connectivity index (χ0n) is 8.46. The van der Waals surface area contributed by atoms with Gasteiger partial charge in [-0.2, -0.15) is 11.8 Å². The monoisotopic (exact) mass is 214 g/mol. The van der Waals surface area contributed by atoms with Crippen molar-refractivity contribution in [2.75, 3.05) is 18.6 Å². The third-order valence-corrected chi connectivity index (χ3v) is 2.58. The number of halogens is 1. The van der Waals surface area contributed by atoms with Crippen LogP contribution >= 0.6 is 11.8 Å². The van der Waals surface area contributed by atoms with Crippen LogP contribution in [-0.2, 0) is 0 Å². The lowest BCUT2D eigenvalue weighted by molar-refractivity contribution is 0.583. The Bertz CT molecular complexity index is 275. The summed E-state index contributed by atoms with van der Waals surface area (Å²) < 4.78 is 12.9.